The third-order valence-corrected chi connectivity index (χ3v) is 6.23. The fourth-order valence-electron chi connectivity index (χ4n) is 2.63. The molecule has 126 valence electrons. The number of hydrogen-bond acceptors (Lipinski definition) is 3. The number of aromatic nitrogens is 1. The van der Waals surface area contributed by atoms with Crippen molar-refractivity contribution in [3.8, 4) is 5.75 Å². The standard InChI is InChI=1S/C17H27NO3Si2/c1-20-14-8-9-16-15(11-14)13(12-18(16)22(2,3)4)10-17(19)21-23(5,6)7/h8-9,11-12H,10H2,1-7H3. The lowest BCUT2D eigenvalue weighted by molar-refractivity contribution is -0.134. The Morgan fingerprint density at radius 3 is 2.30 bits per heavy atom. The Kier molecular flexibility index (Phi) is 4.77. The molecule has 2 aromatic rings. The first-order valence-electron chi connectivity index (χ1n) is 7.91. The number of fused-ring (bicyclic) bond motifs is 1. The molecule has 1 heterocycles. The van der Waals surface area contributed by atoms with Gasteiger partial charge in [-0.15, -0.1) is 0 Å². The highest BCUT2D eigenvalue weighted by molar-refractivity contribution is 6.75. The molecule has 1 aromatic carbocycles. The smallest absolute Gasteiger partial charge is 0.297 e. The highest BCUT2D eigenvalue weighted by atomic mass is 28.4. The van der Waals surface area contributed by atoms with Crippen molar-refractivity contribution >= 4 is 33.4 Å². The van der Waals surface area contributed by atoms with E-state index in [4.69, 9.17) is 9.16 Å². The molecule has 0 unspecified atom stereocenters. The van der Waals surface area contributed by atoms with Crippen LogP contribution in [0.4, 0.5) is 0 Å². The van der Waals surface area contributed by atoms with Gasteiger partial charge in [0.25, 0.3) is 5.97 Å². The zero-order valence-electron chi connectivity index (χ0n) is 15.2. The Hall–Kier alpha value is -1.54. The minimum atomic E-state index is -1.86. The summed E-state index contributed by atoms with van der Waals surface area (Å²) in [5.74, 6) is 0.673. The van der Waals surface area contributed by atoms with Gasteiger partial charge in [0.05, 0.1) is 13.5 Å². The van der Waals surface area contributed by atoms with Crippen LogP contribution in [0.1, 0.15) is 5.56 Å². The molecule has 0 saturated carbocycles. The molecular weight excluding hydrogens is 322 g/mol. The molecule has 4 nitrogen and oxygen atoms in total. The summed E-state index contributed by atoms with van der Waals surface area (Å²) in [6.45, 7) is 13.0. The summed E-state index contributed by atoms with van der Waals surface area (Å²) in [6, 6.07) is 6.08. The Morgan fingerprint density at radius 2 is 1.78 bits per heavy atom. The molecule has 0 spiro atoms. The first-order chi connectivity index (χ1) is 10.5. The van der Waals surface area contributed by atoms with Gasteiger partial charge in [-0.25, -0.2) is 0 Å². The lowest BCUT2D eigenvalue weighted by atomic mass is 10.1. The fourth-order valence-corrected chi connectivity index (χ4v) is 4.85. The Balaban J connectivity index is 2.48. The topological polar surface area (TPSA) is 40.5 Å². The normalized spacial score (nSPS) is 12.5. The molecule has 0 aliphatic heterocycles. The minimum Gasteiger partial charge on any atom is -0.520 e. The summed E-state index contributed by atoms with van der Waals surface area (Å²) in [6.07, 6.45) is 2.44. The average molecular weight is 350 g/mol. The molecule has 23 heavy (non-hydrogen) atoms. The first kappa shape index (κ1) is 17.8. The van der Waals surface area contributed by atoms with Gasteiger partial charge in [-0.1, -0.05) is 19.6 Å². The third kappa shape index (κ3) is 4.26. The van der Waals surface area contributed by atoms with Crippen molar-refractivity contribution in [1.82, 2.24) is 4.23 Å². The Morgan fingerprint density at radius 1 is 1.13 bits per heavy atom. The van der Waals surface area contributed by atoms with Crippen molar-refractivity contribution in [2.45, 2.75) is 45.7 Å². The van der Waals surface area contributed by atoms with Gasteiger partial charge in [0.15, 0.2) is 8.24 Å². The third-order valence-electron chi connectivity index (χ3n) is 3.57. The Labute approximate surface area is 140 Å². The number of benzene rings is 1. The van der Waals surface area contributed by atoms with Crippen molar-refractivity contribution in [2.24, 2.45) is 0 Å². The SMILES string of the molecule is COc1ccc2c(c1)c(CC(=O)O[Si](C)(C)C)cn2[Si](C)(C)C. The molecule has 0 N–H and O–H groups in total. The molecule has 0 saturated heterocycles. The van der Waals surface area contributed by atoms with Crippen LogP contribution >= 0.6 is 0 Å². The number of methoxy groups -OCH3 is 1. The number of carbonyl (C=O) groups excluding carboxylic acids is 1. The number of rotatable bonds is 5. The maximum Gasteiger partial charge on any atom is 0.297 e. The van der Waals surface area contributed by atoms with Gasteiger partial charge in [-0.3, -0.25) is 4.79 Å². The predicted molar refractivity (Wildman–Crippen MR) is 100 cm³/mol. The number of nitrogens with zero attached hydrogens (tertiary/aromatic N) is 1. The van der Waals surface area contributed by atoms with Gasteiger partial charge < -0.3 is 13.4 Å². The fraction of sp³-hybridized carbons (Fsp3) is 0.471. The first-order valence-corrected chi connectivity index (χ1v) is 14.8. The van der Waals surface area contributed by atoms with Crippen molar-refractivity contribution in [3.63, 3.8) is 0 Å². The molecule has 0 radical (unpaired) electrons. The van der Waals surface area contributed by atoms with Crippen LogP contribution in [0.25, 0.3) is 10.9 Å². The molecule has 1 aromatic heterocycles. The summed E-state index contributed by atoms with van der Waals surface area (Å²) in [7, 11) is -1.77. The largest absolute Gasteiger partial charge is 0.520 e. The zero-order valence-corrected chi connectivity index (χ0v) is 17.2. The molecule has 0 fully saturated rings. The van der Waals surface area contributed by atoms with Crippen molar-refractivity contribution in [1.29, 1.82) is 0 Å². The van der Waals surface area contributed by atoms with Gasteiger partial charge in [-0.05, 0) is 49.6 Å². The molecule has 0 amide bonds. The number of carbonyl (C=O) groups is 1. The van der Waals surface area contributed by atoms with Crippen LogP contribution in [0.2, 0.25) is 39.3 Å². The van der Waals surface area contributed by atoms with Crippen LogP contribution in [-0.2, 0) is 15.6 Å². The summed E-state index contributed by atoms with van der Waals surface area (Å²) >= 11 is 0. The number of ether oxygens (including phenoxy) is 1. The summed E-state index contributed by atoms with van der Waals surface area (Å²) < 4.78 is 13.3. The molecule has 6 heteroatoms. The maximum atomic E-state index is 12.3. The van der Waals surface area contributed by atoms with Crippen molar-refractivity contribution in [3.05, 3.63) is 30.0 Å². The van der Waals surface area contributed by atoms with E-state index in [1.54, 1.807) is 7.11 Å². The van der Waals surface area contributed by atoms with Crippen molar-refractivity contribution in [2.75, 3.05) is 7.11 Å². The van der Waals surface area contributed by atoms with Crippen LogP contribution in [0.3, 0.4) is 0 Å². The Bertz CT molecular complexity index is 724. The van der Waals surface area contributed by atoms with E-state index in [-0.39, 0.29) is 5.97 Å². The van der Waals surface area contributed by atoms with Crippen LogP contribution in [0.5, 0.6) is 5.75 Å². The van der Waals surface area contributed by atoms with Gasteiger partial charge in [0.1, 0.15) is 5.75 Å². The highest BCUT2D eigenvalue weighted by Crippen LogP contribution is 2.29. The molecular formula is C17H27NO3Si2. The number of hydrogen-bond donors (Lipinski definition) is 0. The van der Waals surface area contributed by atoms with Gasteiger partial charge in [-0.2, -0.15) is 0 Å². The van der Waals surface area contributed by atoms with E-state index < -0.39 is 16.6 Å². The second-order valence-corrected chi connectivity index (χ2v) is 17.1. The van der Waals surface area contributed by atoms with E-state index in [0.717, 1.165) is 16.7 Å². The quantitative estimate of drug-likeness (QED) is 0.758. The molecule has 0 aliphatic carbocycles. The van der Waals surface area contributed by atoms with Gasteiger partial charge in [0, 0.05) is 10.9 Å². The molecule has 0 bridgehead atoms. The van der Waals surface area contributed by atoms with Crippen molar-refractivity contribution < 1.29 is 14.0 Å². The monoisotopic (exact) mass is 349 g/mol. The van der Waals surface area contributed by atoms with Gasteiger partial charge >= 0.3 is 0 Å². The van der Waals surface area contributed by atoms with Crippen LogP contribution in [0, 0.1) is 0 Å². The van der Waals surface area contributed by atoms with Crippen LogP contribution in [0.15, 0.2) is 24.4 Å². The summed E-state index contributed by atoms with van der Waals surface area (Å²) in [4.78, 5) is 12.3. The van der Waals surface area contributed by atoms with E-state index >= 15 is 0 Å². The van der Waals surface area contributed by atoms with E-state index in [2.05, 4.69) is 36.1 Å². The van der Waals surface area contributed by atoms with Crippen LogP contribution in [-0.4, -0.2) is 33.9 Å². The lowest BCUT2D eigenvalue weighted by Gasteiger charge is -2.20. The second kappa shape index (κ2) is 6.16. The molecule has 0 atom stereocenters. The van der Waals surface area contributed by atoms with Gasteiger partial charge in [0.2, 0.25) is 8.32 Å². The second-order valence-electron chi connectivity index (χ2n) is 7.84. The van der Waals surface area contributed by atoms with E-state index in [1.807, 2.05) is 31.8 Å². The summed E-state index contributed by atoms with van der Waals surface area (Å²) in [5, 5.41) is 1.08. The lowest BCUT2D eigenvalue weighted by Crippen LogP contribution is -2.31. The molecule has 0 aliphatic rings. The maximum absolute atomic E-state index is 12.3. The highest BCUT2D eigenvalue weighted by Gasteiger charge is 2.24. The predicted octanol–water partition coefficient (Wildman–Crippen LogP) is 4.25. The summed E-state index contributed by atoms with van der Waals surface area (Å²) in [5.41, 5.74) is 2.19. The van der Waals surface area contributed by atoms with Crippen LogP contribution < -0.4 is 4.74 Å². The van der Waals surface area contributed by atoms with E-state index in [9.17, 15) is 4.79 Å². The molecule has 2 rings (SSSR count). The van der Waals surface area contributed by atoms with E-state index in [0.29, 0.717) is 6.42 Å². The zero-order chi connectivity index (χ0) is 17.4. The average Bonchev–Trinajstić information content (AvgIpc) is 2.74. The minimum absolute atomic E-state index is 0.137. The van der Waals surface area contributed by atoms with E-state index in [1.165, 1.54) is 5.52 Å².